The molecule has 0 N–H and O–H groups in total. The second-order valence-corrected chi connectivity index (χ2v) is 1.73. The van der Waals surface area contributed by atoms with E-state index in [-0.39, 0.29) is 12.4 Å². The highest BCUT2D eigenvalue weighted by Gasteiger charge is 2.29. The van der Waals surface area contributed by atoms with Crippen molar-refractivity contribution in [1.29, 1.82) is 0 Å². The normalized spacial score (nSPS) is 10.5. The molecule has 62 valence electrons. The average Bonchev–Trinajstić information content (AvgIpc) is 1.88. The highest BCUT2D eigenvalue weighted by atomic mass is 35.5. The number of rotatable bonds is 0. The predicted octanol–water partition coefficient (Wildman–Crippen LogP) is 2.52. The van der Waals surface area contributed by atoms with Crippen LogP contribution in [0.5, 0.6) is 0 Å². The summed E-state index contributed by atoms with van der Waals surface area (Å²) < 4.78 is 35.3. The van der Waals surface area contributed by atoms with Crippen LogP contribution in [0.15, 0.2) is 24.5 Å². The van der Waals surface area contributed by atoms with Crippen molar-refractivity contribution in [2.45, 2.75) is 6.18 Å². The molecule has 5 heteroatoms. The molecule has 0 saturated carbocycles. The maximum Gasteiger partial charge on any atom is 0.416 e. The van der Waals surface area contributed by atoms with Gasteiger partial charge < -0.3 is 0 Å². The number of aromatic nitrogens is 1. The molecule has 0 aliphatic carbocycles. The zero-order valence-electron chi connectivity index (χ0n) is 5.30. The summed E-state index contributed by atoms with van der Waals surface area (Å²) in [4.78, 5) is 3.46. The van der Waals surface area contributed by atoms with Crippen molar-refractivity contribution in [3.8, 4) is 0 Å². The van der Waals surface area contributed by atoms with Gasteiger partial charge in [0, 0.05) is 12.4 Å². The van der Waals surface area contributed by atoms with E-state index < -0.39 is 11.7 Å². The minimum atomic E-state index is -4.25. The Labute approximate surface area is 67.7 Å². The Balaban J connectivity index is 0.000001000. The first kappa shape index (κ1) is 10.2. The molecule has 0 saturated heterocycles. The van der Waals surface area contributed by atoms with Crippen LogP contribution in [0.2, 0.25) is 0 Å². The molecular formula is C6H5ClF3N. The van der Waals surface area contributed by atoms with Crippen molar-refractivity contribution >= 4 is 12.4 Å². The van der Waals surface area contributed by atoms with Gasteiger partial charge in [-0.1, -0.05) is 0 Å². The van der Waals surface area contributed by atoms with E-state index >= 15 is 0 Å². The number of halogens is 4. The summed E-state index contributed by atoms with van der Waals surface area (Å²) in [6.45, 7) is 0. The average molecular weight is 184 g/mol. The van der Waals surface area contributed by atoms with Gasteiger partial charge in [-0.2, -0.15) is 13.2 Å². The number of hydrogen-bond acceptors (Lipinski definition) is 1. The van der Waals surface area contributed by atoms with Gasteiger partial charge in [-0.05, 0) is 12.1 Å². The van der Waals surface area contributed by atoms with Crippen LogP contribution in [-0.2, 0) is 6.18 Å². The van der Waals surface area contributed by atoms with Crippen molar-refractivity contribution < 1.29 is 13.2 Å². The number of nitrogens with zero attached hydrogens (tertiary/aromatic N) is 1. The van der Waals surface area contributed by atoms with E-state index in [1.807, 2.05) is 0 Å². The largest absolute Gasteiger partial charge is 0.416 e. The lowest BCUT2D eigenvalue weighted by Crippen LogP contribution is -2.03. The second kappa shape index (κ2) is 3.57. The third-order valence-corrected chi connectivity index (χ3v) is 1.01. The zero-order chi connectivity index (χ0) is 7.61. The van der Waals surface area contributed by atoms with Crippen molar-refractivity contribution in [2.24, 2.45) is 0 Å². The molecule has 0 atom stereocenters. The lowest BCUT2D eigenvalue weighted by molar-refractivity contribution is -0.137. The van der Waals surface area contributed by atoms with E-state index in [1.165, 1.54) is 0 Å². The molecule has 0 aromatic carbocycles. The Morgan fingerprint density at radius 3 is 1.82 bits per heavy atom. The summed E-state index contributed by atoms with van der Waals surface area (Å²) in [6.07, 6.45) is -2.02. The van der Waals surface area contributed by atoms with Gasteiger partial charge in [-0.3, -0.25) is 4.98 Å². The van der Waals surface area contributed by atoms with Crippen LogP contribution < -0.4 is 0 Å². The van der Waals surface area contributed by atoms with Crippen LogP contribution in [0.3, 0.4) is 0 Å². The zero-order valence-corrected chi connectivity index (χ0v) is 6.12. The maximum absolute atomic E-state index is 11.8. The molecular weight excluding hydrogens is 179 g/mol. The van der Waals surface area contributed by atoms with E-state index in [4.69, 9.17) is 0 Å². The van der Waals surface area contributed by atoms with Gasteiger partial charge in [0.05, 0.1) is 5.56 Å². The first-order valence-corrected chi connectivity index (χ1v) is 2.58. The van der Waals surface area contributed by atoms with Crippen LogP contribution in [0.1, 0.15) is 5.56 Å². The lowest BCUT2D eigenvalue weighted by Gasteiger charge is -2.03. The highest BCUT2D eigenvalue weighted by molar-refractivity contribution is 5.85. The lowest BCUT2D eigenvalue weighted by atomic mass is 10.3. The van der Waals surface area contributed by atoms with Crippen molar-refractivity contribution in [2.75, 3.05) is 0 Å². The molecule has 0 spiro atoms. The summed E-state index contributed by atoms with van der Waals surface area (Å²) in [7, 11) is 0. The summed E-state index contributed by atoms with van der Waals surface area (Å²) in [6, 6.07) is 1.86. The number of hydrogen-bond donors (Lipinski definition) is 0. The van der Waals surface area contributed by atoms with E-state index in [0.717, 1.165) is 24.5 Å². The third-order valence-electron chi connectivity index (χ3n) is 1.01. The molecule has 0 bridgehead atoms. The number of pyridine rings is 1. The Morgan fingerprint density at radius 1 is 1.09 bits per heavy atom. The monoisotopic (exact) mass is 183 g/mol. The molecule has 1 aromatic rings. The Morgan fingerprint density at radius 2 is 1.55 bits per heavy atom. The summed E-state index contributed by atoms with van der Waals surface area (Å²) >= 11 is 0. The molecule has 0 unspecified atom stereocenters. The van der Waals surface area contributed by atoms with Crippen molar-refractivity contribution in [3.63, 3.8) is 0 Å². The fraction of sp³-hybridized carbons (Fsp3) is 0.167. The molecule has 1 rings (SSSR count). The molecule has 1 nitrogen and oxygen atoms in total. The standard InChI is InChI=1S/C6H4F3N.ClH/c7-6(8,9)5-1-3-10-4-2-5;/h1-4H;1H. The molecule has 0 aliphatic rings. The quantitative estimate of drug-likeness (QED) is 0.602. The van der Waals surface area contributed by atoms with Gasteiger partial charge in [-0.25, -0.2) is 0 Å². The summed E-state index contributed by atoms with van der Waals surface area (Å²) in [5.41, 5.74) is -0.664. The first-order valence-electron chi connectivity index (χ1n) is 2.58. The minimum absolute atomic E-state index is 0. The van der Waals surface area contributed by atoms with Crippen LogP contribution in [0.4, 0.5) is 13.2 Å². The van der Waals surface area contributed by atoms with Gasteiger partial charge in [0.15, 0.2) is 0 Å². The van der Waals surface area contributed by atoms with Gasteiger partial charge in [0.2, 0.25) is 0 Å². The first-order chi connectivity index (χ1) is 4.61. The van der Waals surface area contributed by atoms with E-state index in [0.29, 0.717) is 0 Å². The molecule has 0 aliphatic heterocycles. The van der Waals surface area contributed by atoms with Crippen molar-refractivity contribution in [1.82, 2.24) is 4.98 Å². The molecule has 1 aromatic heterocycles. The Kier molecular flexibility index (Phi) is 3.32. The highest BCUT2D eigenvalue weighted by Crippen LogP contribution is 2.27. The van der Waals surface area contributed by atoms with Gasteiger partial charge in [0.25, 0.3) is 0 Å². The fourth-order valence-electron chi connectivity index (χ4n) is 0.541. The van der Waals surface area contributed by atoms with Crippen LogP contribution >= 0.6 is 12.4 Å². The summed E-state index contributed by atoms with van der Waals surface area (Å²) in [5.74, 6) is 0. The van der Waals surface area contributed by atoms with Crippen LogP contribution in [0, 0.1) is 0 Å². The van der Waals surface area contributed by atoms with E-state index in [9.17, 15) is 13.2 Å². The number of alkyl halides is 3. The Bertz CT molecular complexity index is 209. The van der Waals surface area contributed by atoms with Crippen molar-refractivity contribution in [3.05, 3.63) is 30.1 Å². The minimum Gasteiger partial charge on any atom is -0.265 e. The van der Waals surface area contributed by atoms with Gasteiger partial charge in [-0.15, -0.1) is 12.4 Å². The summed E-state index contributed by atoms with van der Waals surface area (Å²) in [5, 5.41) is 0. The predicted molar refractivity (Wildman–Crippen MR) is 36.5 cm³/mol. The molecule has 0 fully saturated rings. The van der Waals surface area contributed by atoms with E-state index in [1.54, 1.807) is 0 Å². The SMILES string of the molecule is Cl.FC(F)(F)c1ccncc1. The third kappa shape index (κ3) is 2.76. The van der Waals surface area contributed by atoms with Gasteiger partial charge in [0.1, 0.15) is 0 Å². The maximum atomic E-state index is 11.8. The fourth-order valence-corrected chi connectivity index (χ4v) is 0.541. The topological polar surface area (TPSA) is 12.9 Å². The second-order valence-electron chi connectivity index (χ2n) is 1.73. The van der Waals surface area contributed by atoms with E-state index in [2.05, 4.69) is 4.98 Å². The van der Waals surface area contributed by atoms with Crippen LogP contribution in [-0.4, -0.2) is 4.98 Å². The molecule has 0 amide bonds. The molecule has 11 heavy (non-hydrogen) atoms. The van der Waals surface area contributed by atoms with Gasteiger partial charge >= 0.3 is 6.18 Å². The smallest absolute Gasteiger partial charge is 0.265 e. The van der Waals surface area contributed by atoms with Crippen LogP contribution in [0.25, 0.3) is 0 Å². The molecule has 0 radical (unpaired) electrons. The Hall–Kier alpha value is -0.770. The molecule has 1 heterocycles.